The highest BCUT2D eigenvalue weighted by atomic mass is 14.2. The smallest absolute Gasteiger partial charge is 0.00262 e. The number of rotatable bonds is 4. The molecule has 0 aromatic heterocycles. The van der Waals surface area contributed by atoms with E-state index in [1.54, 1.807) is 0 Å². The van der Waals surface area contributed by atoms with Gasteiger partial charge in [-0.25, -0.2) is 0 Å². The SMILES string of the molecule is c1ccc(-c2ccc(-c3ccc(-c4c5ccccc5c(-c5ccc6c(ccc7ccccc76)c5)c5ccccc45)cc3)cc2)cc1. The topological polar surface area (TPSA) is 0 Å². The first-order valence-corrected chi connectivity index (χ1v) is 15.9. The van der Waals surface area contributed by atoms with Crippen LogP contribution in [-0.4, -0.2) is 0 Å². The summed E-state index contributed by atoms with van der Waals surface area (Å²) in [5.41, 5.74) is 9.97. The second kappa shape index (κ2) is 10.9. The molecular weight excluding hydrogens is 553 g/mol. The third-order valence-electron chi connectivity index (χ3n) is 9.46. The zero-order chi connectivity index (χ0) is 30.5. The highest BCUT2D eigenvalue weighted by Crippen LogP contribution is 2.44. The summed E-state index contributed by atoms with van der Waals surface area (Å²) in [5.74, 6) is 0. The Kier molecular flexibility index (Phi) is 6.25. The number of hydrogen-bond acceptors (Lipinski definition) is 0. The predicted molar refractivity (Wildman–Crippen MR) is 198 cm³/mol. The fourth-order valence-corrected chi connectivity index (χ4v) is 7.23. The van der Waals surface area contributed by atoms with Crippen LogP contribution in [0.5, 0.6) is 0 Å². The Morgan fingerprint density at radius 3 is 1.13 bits per heavy atom. The molecule has 0 aliphatic rings. The monoisotopic (exact) mass is 582 g/mol. The van der Waals surface area contributed by atoms with Gasteiger partial charge in [0.15, 0.2) is 0 Å². The van der Waals surface area contributed by atoms with E-state index in [1.165, 1.54) is 87.6 Å². The minimum atomic E-state index is 1.22. The molecule has 0 atom stereocenters. The van der Waals surface area contributed by atoms with Crippen molar-refractivity contribution >= 4 is 43.1 Å². The molecule has 0 radical (unpaired) electrons. The Morgan fingerprint density at radius 2 is 0.565 bits per heavy atom. The molecule has 0 bridgehead atoms. The van der Waals surface area contributed by atoms with E-state index in [2.05, 4.69) is 182 Å². The van der Waals surface area contributed by atoms with Gasteiger partial charge in [-0.05, 0) is 93.7 Å². The standard InChI is InChI=1S/C46H30/c1-2-10-31(11-3-1)32-18-20-33(21-19-32)34-22-25-36(26-23-34)45-41-14-6-8-16-43(41)46(44-17-9-7-15-42(44)45)38-28-29-40-37(30-38)27-24-35-12-4-5-13-39(35)40/h1-30H. The molecule has 9 aromatic rings. The molecule has 0 amide bonds. The molecule has 0 unspecified atom stereocenters. The van der Waals surface area contributed by atoms with Crippen LogP contribution in [0.4, 0.5) is 0 Å². The van der Waals surface area contributed by atoms with Crippen molar-refractivity contribution in [2.45, 2.75) is 0 Å². The minimum Gasteiger partial charge on any atom is -0.0622 e. The van der Waals surface area contributed by atoms with Crippen LogP contribution in [0.25, 0.3) is 87.6 Å². The van der Waals surface area contributed by atoms with Gasteiger partial charge in [0.05, 0.1) is 0 Å². The van der Waals surface area contributed by atoms with Gasteiger partial charge in [0.1, 0.15) is 0 Å². The Labute approximate surface area is 268 Å². The lowest BCUT2D eigenvalue weighted by molar-refractivity contribution is 1.59. The van der Waals surface area contributed by atoms with Gasteiger partial charge in [0, 0.05) is 0 Å². The van der Waals surface area contributed by atoms with Crippen LogP contribution in [0.2, 0.25) is 0 Å². The number of hydrogen-bond donors (Lipinski definition) is 0. The Bertz CT molecular complexity index is 2480. The van der Waals surface area contributed by atoms with E-state index in [0.717, 1.165) is 0 Å². The lowest BCUT2D eigenvalue weighted by atomic mass is 9.85. The molecule has 0 aliphatic heterocycles. The lowest BCUT2D eigenvalue weighted by Gasteiger charge is -2.18. The van der Waals surface area contributed by atoms with Gasteiger partial charge in [-0.3, -0.25) is 0 Å². The highest BCUT2D eigenvalue weighted by Gasteiger charge is 2.17. The molecule has 9 rings (SSSR count). The molecule has 0 heteroatoms. The summed E-state index contributed by atoms with van der Waals surface area (Å²) in [5, 5.41) is 10.2. The molecule has 0 N–H and O–H groups in total. The second-order valence-corrected chi connectivity index (χ2v) is 12.1. The van der Waals surface area contributed by atoms with Crippen LogP contribution in [-0.2, 0) is 0 Å². The quantitative estimate of drug-likeness (QED) is 0.143. The summed E-state index contributed by atoms with van der Waals surface area (Å²) < 4.78 is 0. The van der Waals surface area contributed by atoms with E-state index in [0.29, 0.717) is 0 Å². The molecule has 0 heterocycles. The van der Waals surface area contributed by atoms with Crippen molar-refractivity contribution in [3.63, 3.8) is 0 Å². The van der Waals surface area contributed by atoms with Crippen LogP contribution >= 0.6 is 0 Å². The van der Waals surface area contributed by atoms with Gasteiger partial charge in [-0.15, -0.1) is 0 Å². The number of fused-ring (bicyclic) bond motifs is 5. The van der Waals surface area contributed by atoms with Crippen LogP contribution < -0.4 is 0 Å². The first kappa shape index (κ1) is 26.4. The van der Waals surface area contributed by atoms with Crippen molar-refractivity contribution in [2.24, 2.45) is 0 Å². The fourth-order valence-electron chi connectivity index (χ4n) is 7.23. The largest absolute Gasteiger partial charge is 0.0622 e. The summed E-state index contributed by atoms with van der Waals surface area (Å²) in [6.45, 7) is 0. The molecular formula is C46H30. The zero-order valence-corrected chi connectivity index (χ0v) is 25.3. The first-order valence-electron chi connectivity index (χ1n) is 15.9. The summed E-state index contributed by atoms with van der Waals surface area (Å²) in [6.07, 6.45) is 0. The van der Waals surface area contributed by atoms with Crippen LogP contribution in [0.15, 0.2) is 182 Å². The van der Waals surface area contributed by atoms with Crippen molar-refractivity contribution in [2.75, 3.05) is 0 Å². The normalized spacial score (nSPS) is 11.5. The third kappa shape index (κ3) is 4.38. The lowest BCUT2D eigenvalue weighted by Crippen LogP contribution is -1.91. The van der Waals surface area contributed by atoms with Crippen molar-refractivity contribution in [1.82, 2.24) is 0 Å². The average molecular weight is 583 g/mol. The first-order chi connectivity index (χ1) is 22.8. The van der Waals surface area contributed by atoms with E-state index in [-0.39, 0.29) is 0 Å². The fraction of sp³-hybridized carbons (Fsp3) is 0. The third-order valence-corrected chi connectivity index (χ3v) is 9.46. The maximum Gasteiger partial charge on any atom is -0.00262 e. The van der Waals surface area contributed by atoms with Crippen LogP contribution in [0, 0.1) is 0 Å². The summed E-state index contributed by atoms with van der Waals surface area (Å²) in [4.78, 5) is 0. The maximum absolute atomic E-state index is 2.37. The Morgan fingerprint density at radius 1 is 0.196 bits per heavy atom. The van der Waals surface area contributed by atoms with Crippen molar-refractivity contribution in [3.8, 4) is 44.5 Å². The van der Waals surface area contributed by atoms with E-state index in [1.807, 2.05) is 0 Å². The number of benzene rings is 9. The highest BCUT2D eigenvalue weighted by molar-refractivity contribution is 6.22. The van der Waals surface area contributed by atoms with Gasteiger partial charge in [0.25, 0.3) is 0 Å². The van der Waals surface area contributed by atoms with Crippen LogP contribution in [0.1, 0.15) is 0 Å². The van der Waals surface area contributed by atoms with Crippen molar-refractivity contribution in [3.05, 3.63) is 182 Å². The van der Waals surface area contributed by atoms with Gasteiger partial charge in [-0.2, -0.15) is 0 Å². The van der Waals surface area contributed by atoms with E-state index in [4.69, 9.17) is 0 Å². The second-order valence-electron chi connectivity index (χ2n) is 12.1. The van der Waals surface area contributed by atoms with Gasteiger partial charge in [0.2, 0.25) is 0 Å². The molecule has 0 aliphatic carbocycles. The molecule has 0 saturated carbocycles. The van der Waals surface area contributed by atoms with Gasteiger partial charge < -0.3 is 0 Å². The minimum absolute atomic E-state index is 1.22. The molecule has 214 valence electrons. The maximum atomic E-state index is 2.37. The molecule has 0 spiro atoms. The summed E-state index contributed by atoms with van der Waals surface area (Å²) >= 11 is 0. The van der Waals surface area contributed by atoms with Crippen molar-refractivity contribution in [1.29, 1.82) is 0 Å². The molecule has 46 heavy (non-hydrogen) atoms. The summed E-state index contributed by atoms with van der Waals surface area (Å²) in [7, 11) is 0. The summed E-state index contributed by atoms with van der Waals surface area (Å²) in [6, 6.07) is 66.5. The molecule has 0 saturated heterocycles. The molecule has 0 nitrogen and oxygen atoms in total. The predicted octanol–water partition coefficient (Wildman–Crippen LogP) is 13.0. The molecule has 9 aromatic carbocycles. The van der Waals surface area contributed by atoms with Gasteiger partial charge >= 0.3 is 0 Å². The van der Waals surface area contributed by atoms with Gasteiger partial charge in [-0.1, -0.05) is 176 Å². The zero-order valence-electron chi connectivity index (χ0n) is 25.3. The Balaban J connectivity index is 1.18. The van der Waals surface area contributed by atoms with Crippen molar-refractivity contribution < 1.29 is 0 Å². The van der Waals surface area contributed by atoms with E-state index >= 15 is 0 Å². The average Bonchev–Trinajstić information content (AvgIpc) is 3.14. The van der Waals surface area contributed by atoms with Crippen LogP contribution in [0.3, 0.4) is 0 Å². The van der Waals surface area contributed by atoms with E-state index < -0.39 is 0 Å². The Hall–Kier alpha value is -5.98. The van der Waals surface area contributed by atoms with E-state index in [9.17, 15) is 0 Å². The molecule has 0 fully saturated rings.